The molecule has 0 bridgehead atoms. The second-order valence-corrected chi connectivity index (χ2v) is 6.79. The van der Waals surface area contributed by atoms with E-state index in [1.165, 1.54) is 6.07 Å². The van der Waals surface area contributed by atoms with E-state index < -0.39 is 0 Å². The molecular formula is C18H22FN5O. The normalized spacial score (nSPS) is 25.7. The van der Waals surface area contributed by atoms with E-state index in [4.69, 9.17) is 4.74 Å². The summed E-state index contributed by atoms with van der Waals surface area (Å²) in [5, 5.41) is 3.17. The zero-order chi connectivity index (χ0) is 17.3. The van der Waals surface area contributed by atoms with Gasteiger partial charge in [-0.3, -0.25) is 0 Å². The van der Waals surface area contributed by atoms with Crippen molar-refractivity contribution in [3.63, 3.8) is 0 Å². The van der Waals surface area contributed by atoms with Crippen LogP contribution in [-0.4, -0.2) is 46.3 Å². The molecular weight excluding hydrogens is 321 g/mol. The first-order valence-electron chi connectivity index (χ1n) is 8.74. The molecule has 2 unspecified atom stereocenters. The lowest BCUT2D eigenvalue weighted by molar-refractivity contribution is 0.0228. The highest BCUT2D eigenvalue weighted by atomic mass is 19.1. The van der Waals surface area contributed by atoms with Crippen LogP contribution in [0.1, 0.15) is 25.3 Å². The van der Waals surface area contributed by atoms with E-state index in [0.29, 0.717) is 12.4 Å². The molecule has 2 aliphatic heterocycles. The smallest absolute Gasteiger partial charge is 0.225 e. The molecule has 4 rings (SSSR count). The molecule has 1 N–H and O–H groups in total. The largest absolute Gasteiger partial charge is 0.371 e. The minimum absolute atomic E-state index is 0.0627. The van der Waals surface area contributed by atoms with Crippen molar-refractivity contribution in [2.24, 2.45) is 0 Å². The minimum atomic E-state index is -0.332. The number of ether oxygens (including phenoxy) is 1. The van der Waals surface area contributed by atoms with Crippen molar-refractivity contribution in [2.75, 3.05) is 29.9 Å². The molecule has 7 heteroatoms. The van der Waals surface area contributed by atoms with Crippen LogP contribution in [-0.2, 0) is 11.2 Å². The number of anilines is 2. The lowest BCUT2D eigenvalue weighted by atomic mass is 9.97. The molecule has 0 amide bonds. The van der Waals surface area contributed by atoms with E-state index in [0.717, 1.165) is 43.9 Å². The van der Waals surface area contributed by atoms with Crippen LogP contribution < -0.4 is 10.2 Å². The second kappa shape index (κ2) is 6.55. The van der Waals surface area contributed by atoms with Crippen LogP contribution in [0.5, 0.6) is 0 Å². The molecule has 2 saturated heterocycles. The minimum Gasteiger partial charge on any atom is -0.371 e. The van der Waals surface area contributed by atoms with Crippen LogP contribution in [0.25, 0.3) is 0 Å². The molecule has 2 aliphatic rings. The highest BCUT2D eigenvalue weighted by Gasteiger charge is 2.46. The zero-order valence-corrected chi connectivity index (χ0v) is 14.3. The maximum Gasteiger partial charge on any atom is 0.225 e. The van der Waals surface area contributed by atoms with Crippen molar-refractivity contribution in [1.29, 1.82) is 0 Å². The van der Waals surface area contributed by atoms with Crippen LogP contribution in [0.4, 0.5) is 16.2 Å². The zero-order valence-electron chi connectivity index (χ0n) is 14.3. The fourth-order valence-corrected chi connectivity index (χ4v) is 3.62. The van der Waals surface area contributed by atoms with Gasteiger partial charge in [-0.2, -0.15) is 0 Å². The summed E-state index contributed by atoms with van der Waals surface area (Å²) in [6, 6.07) is 3.06. The number of aromatic nitrogens is 3. The Kier molecular flexibility index (Phi) is 4.25. The molecule has 2 atom stereocenters. The first-order chi connectivity index (χ1) is 12.2. The molecule has 0 radical (unpaired) electrons. The number of nitrogens with one attached hydrogen (secondary N) is 1. The third kappa shape index (κ3) is 3.28. The van der Waals surface area contributed by atoms with Crippen LogP contribution in [0, 0.1) is 5.82 Å². The van der Waals surface area contributed by atoms with Gasteiger partial charge in [0.15, 0.2) is 11.6 Å². The second-order valence-electron chi connectivity index (χ2n) is 6.79. The highest BCUT2D eigenvalue weighted by Crippen LogP contribution is 2.37. The van der Waals surface area contributed by atoms with Crippen molar-refractivity contribution in [3.8, 4) is 0 Å². The Labute approximate surface area is 146 Å². The summed E-state index contributed by atoms with van der Waals surface area (Å²) in [6.07, 6.45) is 8.05. The van der Waals surface area contributed by atoms with E-state index in [1.54, 1.807) is 12.3 Å². The Morgan fingerprint density at radius 2 is 2.20 bits per heavy atom. The van der Waals surface area contributed by atoms with Gasteiger partial charge in [0.25, 0.3) is 0 Å². The quantitative estimate of drug-likeness (QED) is 0.920. The van der Waals surface area contributed by atoms with E-state index in [1.807, 2.05) is 12.4 Å². The van der Waals surface area contributed by atoms with Gasteiger partial charge >= 0.3 is 0 Å². The summed E-state index contributed by atoms with van der Waals surface area (Å²) < 4.78 is 19.9. The number of nitrogens with zero attached hydrogens (tertiary/aromatic N) is 4. The summed E-state index contributed by atoms with van der Waals surface area (Å²) in [6.45, 7) is 4.28. The Morgan fingerprint density at radius 3 is 2.96 bits per heavy atom. The third-order valence-electron chi connectivity index (χ3n) is 5.01. The van der Waals surface area contributed by atoms with Gasteiger partial charge < -0.3 is 15.0 Å². The molecule has 1 spiro atoms. The van der Waals surface area contributed by atoms with Crippen molar-refractivity contribution >= 4 is 11.8 Å². The Morgan fingerprint density at radius 1 is 1.36 bits per heavy atom. The number of pyridine rings is 1. The summed E-state index contributed by atoms with van der Waals surface area (Å²) in [5.74, 6) is 0.715. The molecule has 25 heavy (non-hydrogen) atoms. The summed E-state index contributed by atoms with van der Waals surface area (Å²) >= 11 is 0. The van der Waals surface area contributed by atoms with Gasteiger partial charge in [0.1, 0.15) is 0 Å². The van der Waals surface area contributed by atoms with Crippen LogP contribution in [0.3, 0.4) is 0 Å². The number of hydrogen-bond acceptors (Lipinski definition) is 6. The monoisotopic (exact) mass is 343 g/mol. The molecule has 6 nitrogen and oxygen atoms in total. The van der Waals surface area contributed by atoms with E-state index in [-0.39, 0.29) is 17.5 Å². The summed E-state index contributed by atoms with van der Waals surface area (Å²) in [7, 11) is 0. The van der Waals surface area contributed by atoms with Gasteiger partial charge in [0.2, 0.25) is 5.95 Å². The van der Waals surface area contributed by atoms with Crippen molar-refractivity contribution < 1.29 is 9.13 Å². The van der Waals surface area contributed by atoms with Crippen molar-refractivity contribution in [3.05, 3.63) is 42.1 Å². The predicted molar refractivity (Wildman–Crippen MR) is 93.1 cm³/mol. The van der Waals surface area contributed by atoms with Crippen LogP contribution >= 0.6 is 0 Å². The van der Waals surface area contributed by atoms with E-state index in [9.17, 15) is 4.39 Å². The average Bonchev–Trinajstić information content (AvgIpc) is 3.24. The molecule has 2 aromatic heterocycles. The van der Waals surface area contributed by atoms with Gasteiger partial charge in [-0.1, -0.05) is 6.92 Å². The Bertz CT molecular complexity index is 741. The number of rotatable bonds is 4. The highest BCUT2D eigenvalue weighted by molar-refractivity contribution is 5.38. The lowest BCUT2D eigenvalue weighted by Gasteiger charge is -2.23. The Balaban J connectivity index is 1.40. The molecule has 0 aromatic carbocycles. The fourth-order valence-electron chi connectivity index (χ4n) is 3.62. The van der Waals surface area contributed by atoms with Crippen LogP contribution in [0.2, 0.25) is 0 Å². The third-order valence-corrected chi connectivity index (χ3v) is 5.01. The van der Waals surface area contributed by atoms with Gasteiger partial charge in [0.05, 0.1) is 24.8 Å². The SMILES string of the molecule is CCc1cnc(N2CCC3(CC(Nc4ncccc4F)CO3)C2)nc1. The first-order valence-corrected chi connectivity index (χ1v) is 8.74. The topological polar surface area (TPSA) is 63.2 Å². The number of hydrogen-bond donors (Lipinski definition) is 1. The standard InChI is InChI=1S/C18H22FN5O/c1-2-13-9-21-17(22-10-13)24-7-5-18(12-24)8-14(11-25-18)23-16-15(19)4-3-6-20-16/h3-4,6,9-10,14H,2,5,7-8,11-12H2,1H3,(H,20,23). The lowest BCUT2D eigenvalue weighted by Crippen LogP contribution is -2.34. The maximum atomic E-state index is 13.8. The van der Waals surface area contributed by atoms with Gasteiger partial charge in [-0.15, -0.1) is 0 Å². The summed E-state index contributed by atoms with van der Waals surface area (Å²) in [4.78, 5) is 15.2. The average molecular weight is 343 g/mol. The fraction of sp³-hybridized carbons (Fsp3) is 0.500. The van der Waals surface area contributed by atoms with Gasteiger partial charge in [-0.25, -0.2) is 19.3 Å². The van der Waals surface area contributed by atoms with Crippen LogP contribution in [0.15, 0.2) is 30.7 Å². The summed E-state index contributed by atoms with van der Waals surface area (Å²) in [5.41, 5.74) is 0.923. The molecule has 0 aliphatic carbocycles. The first kappa shape index (κ1) is 16.2. The van der Waals surface area contributed by atoms with E-state index >= 15 is 0 Å². The van der Waals surface area contributed by atoms with Crippen molar-refractivity contribution in [1.82, 2.24) is 15.0 Å². The Hall–Kier alpha value is -2.28. The van der Waals surface area contributed by atoms with Gasteiger partial charge in [-0.05, 0) is 30.5 Å². The van der Waals surface area contributed by atoms with E-state index in [2.05, 4.69) is 32.1 Å². The van der Waals surface area contributed by atoms with Crippen molar-refractivity contribution in [2.45, 2.75) is 37.8 Å². The maximum absolute atomic E-state index is 13.8. The number of aryl methyl sites for hydroxylation is 1. The molecule has 4 heterocycles. The van der Waals surface area contributed by atoms with Gasteiger partial charge in [0, 0.05) is 31.6 Å². The molecule has 2 aromatic rings. The molecule has 2 fully saturated rings. The number of halogens is 1. The molecule has 0 saturated carbocycles. The molecule has 132 valence electrons. The predicted octanol–water partition coefficient (Wildman–Crippen LogP) is 2.42.